The summed E-state index contributed by atoms with van der Waals surface area (Å²) in [6.07, 6.45) is 0.317. The molecule has 0 aliphatic heterocycles. The molecule has 16 heavy (non-hydrogen) atoms. The Bertz CT molecular complexity index is 502. The Morgan fingerprint density at radius 3 is 2.62 bits per heavy atom. The van der Waals surface area contributed by atoms with Crippen molar-refractivity contribution in [3.8, 4) is 6.07 Å². The third-order valence-electron chi connectivity index (χ3n) is 2.13. The van der Waals surface area contributed by atoms with Gasteiger partial charge in [0.1, 0.15) is 6.07 Å². The monoisotopic (exact) mass is 220 g/mol. The van der Waals surface area contributed by atoms with Gasteiger partial charge in [0.05, 0.1) is 16.1 Å². The SMILES string of the molecule is CCc1cc([N+](=O)[O-])cc(C#N)c1C(=O)O. The number of hydrogen-bond acceptors (Lipinski definition) is 4. The lowest BCUT2D eigenvalue weighted by Gasteiger charge is -2.05. The largest absolute Gasteiger partial charge is 0.478 e. The minimum Gasteiger partial charge on any atom is -0.478 e. The molecule has 1 aromatic rings. The summed E-state index contributed by atoms with van der Waals surface area (Å²) in [5.74, 6) is -1.25. The van der Waals surface area contributed by atoms with Crippen LogP contribution < -0.4 is 0 Å². The van der Waals surface area contributed by atoms with E-state index in [-0.39, 0.29) is 16.8 Å². The molecule has 0 spiro atoms. The molecule has 0 radical (unpaired) electrons. The van der Waals surface area contributed by atoms with E-state index in [4.69, 9.17) is 10.4 Å². The summed E-state index contributed by atoms with van der Waals surface area (Å²) in [6, 6.07) is 3.82. The van der Waals surface area contributed by atoms with E-state index in [9.17, 15) is 14.9 Å². The van der Waals surface area contributed by atoms with Crippen molar-refractivity contribution in [1.82, 2.24) is 0 Å². The predicted octanol–water partition coefficient (Wildman–Crippen LogP) is 1.73. The second kappa shape index (κ2) is 4.40. The number of carboxylic acid groups (broad SMARTS) is 1. The number of aromatic carboxylic acids is 1. The molecule has 0 heterocycles. The maximum Gasteiger partial charge on any atom is 0.337 e. The summed E-state index contributed by atoms with van der Waals surface area (Å²) in [5, 5.41) is 28.2. The van der Waals surface area contributed by atoms with Gasteiger partial charge in [-0.05, 0) is 12.0 Å². The van der Waals surface area contributed by atoms with Gasteiger partial charge in [-0.2, -0.15) is 5.26 Å². The van der Waals surface area contributed by atoms with Crippen molar-refractivity contribution >= 4 is 11.7 Å². The van der Waals surface area contributed by atoms with Crippen LogP contribution in [0.5, 0.6) is 0 Å². The Morgan fingerprint density at radius 1 is 1.62 bits per heavy atom. The fourth-order valence-corrected chi connectivity index (χ4v) is 1.41. The zero-order valence-electron chi connectivity index (χ0n) is 8.43. The number of carbonyl (C=O) groups is 1. The number of nitro benzene ring substituents is 1. The first-order valence-electron chi connectivity index (χ1n) is 4.46. The number of aryl methyl sites for hydroxylation is 1. The van der Waals surface area contributed by atoms with E-state index >= 15 is 0 Å². The number of hydrogen-bond donors (Lipinski definition) is 1. The summed E-state index contributed by atoms with van der Waals surface area (Å²) in [6.45, 7) is 1.67. The van der Waals surface area contributed by atoms with Crippen LogP contribution in [0.2, 0.25) is 0 Å². The lowest BCUT2D eigenvalue weighted by atomic mass is 9.99. The Hall–Kier alpha value is -2.42. The maximum absolute atomic E-state index is 10.9. The molecular formula is C10H8N2O4. The van der Waals surface area contributed by atoms with Crippen molar-refractivity contribution < 1.29 is 14.8 Å². The van der Waals surface area contributed by atoms with Gasteiger partial charge < -0.3 is 5.11 Å². The molecule has 0 amide bonds. The minimum atomic E-state index is -1.25. The highest BCUT2D eigenvalue weighted by Crippen LogP contribution is 2.22. The lowest BCUT2D eigenvalue weighted by molar-refractivity contribution is -0.384. The standard InChI is InChI=1S/C10H8N2O4/c1-2-6-3-8(12(15)16)4-7(5-11)9(6)10(13)14/h3-4H,2H2,1H3,(H,13,14). The van der Waals surface area contributed by atoms with Gasteiger partial charge in [0.15, 0.2) is 0 Å². The first kappa shape index (κ1) is 11.7. The van der Waals surface area contributed by atoms with Crippen molar-refractivity contribution in [2.24, 2.45) is 0 Å². The molecule has 0 aliphatic carbocycles. The van der Waals surface area contributed by atoms with Gasteiger partial charge in [0, 0.05) is 12.1 Å². The Kier molecular flexibility index (Phi) is 3.20. The highest BCUT2D eigenvalue weighted by Gasteiger charge is 2.19. The molecule has 1 rings (SSSR count). The van der Waals surface area contributed by atoms with E-state index in [0.29, 0.717) is 12.0 Å². The van der Waals surface area contributed by atoms with E-state index in [0.717, 1.165) is 6.07 Å². The van der Waals surface area contributed by atoms with Gasteiger partial charge in [-0.3, -0.25) is 10.1 Å². The second-order valence-electron chi connectivity index (χ2n) is 3.06. The molecule has 0 saturated heterocycles. The van der Waals surface area contributed by atoms with E-state index in [1.807, 2.05) is 0 Å². The average Bonchev–Trinajstić information content (AvgIpc) is 2.26. The smallest absolute Gasteiger partial charge is 0.337 e. The van der Waals surface area contributed by atoms with E-state index in [1.165, 1.54) is 6.07 Å². The fourth-order valence-electron chi connectivity index (χ4n) is 1.41. The Labute approximate surface area is 90.9 Å². The molecule has 1 N–H and O–H groups in total. The first-order chi connectivity index (χ1) is 7.51. The zero-order chi connectivity index (χ0) is 12.3. The highest BCUT2D eigenvalue weighted by atomic mass is 16.6. The van der Waals surface area contributed by atoms with Crippen LogP contribution in [0.1, 0.15) is 28.4 Å². The fraction of sp³-hybridized carbons (Fsp3) is 0.200. The Morgan fingerprint density at radius 2 is 2.25 bits per heavy atom. The first-order valence-corrected chi connectivity index (χ1v) is 4.46. The molecule has 0 saturated carbocycles. The third-order valence-corrected chi connectivity index (χ3v) is 2.13. The number of nitro groups is 1. The topological polar surface area (TPSA) is 104 Å². The number of carboxylic acids is 1. The summed E-state index contributed by atoms with van der Waals surface area (Å²) in [4.78, 5) is 20.8. The second-order valence-corrected chi connectivity index (χ2v) is 3.06. The number of nitrogens with zero attached hydrogens (tertiary/aromatic N) is 2. The molecule has 0 unspecified atom stereocenters. The molecule has 0 atom stereocenters. The van der Waals surface area contributed by atoms with Crippen molar-refractivity contribution in [3.05, 3.63) is 38.9 Å². The van der Waals surface area contributed by atoms with Crippen LogP contribution >= 0.6 is 0 Å². The molecule has 6 heteroatoms. The van der Waals surface area contributed by atoms with Crippen LogP contribution in [0.4, 0.5) is 5.69 Å². The van der Waals surface area contributed by atoms with Crippen molar-refractivity contribution in [2.45, 2.75) is 13.3 Å². The number of rotatable bonds is 3. The molecule has 0 aromatic heterocycles. The molecule has 1 aromatic carbocycles. The molecule has 0 fully saturated rings. The molecule has 0 aliphatic rings. The predicted molar refractivity (Wildman–Crippen MR) is 54.1 cm³/mol. The molecule has 6 nitrogen and oxygen atoms in total. The number of nitriles is 1. The normalized spacial score (nSPS) is 9.50. The number of non-ortho nitro benzene ring substituents is 1. The van der Waals surface area contributed by atoms with Crippen LogP contribution in [0.15, 0.2) is 12.1 Å². The van der Waals surface area contributed by atoms with Crippen LogP contribution in [0.3, 0.4) is 0 Å². The quantitative estimate of drug-likeness (QED) is 0.616. The van der Waals surface area contributed by atoms with E-state index in [2.05, 4.69) is 0 Å². The van der Waals surface area contributed by atoms with E-state index < -0.39 is 10.9 Å². The van der Waals surface area contributed by atoms with Gasteiger partial charge in [-0.15, -0.1) is 0 Å². The van der Waals surface area contributed by atoms with Gasteiger partial charge >= 0.3 is 5.97 Å². The summed E-state index contributed by atoms with van der Waals surface area (Å²) < 4.78 is 0. The van der Waals surface area contributed by atoms with Gasteiger partial charge in [-0.25, -0.2) is 4.79 Å². The molecule has 0 bridgehead atoms. The number of benzene rings is 1. The van der Waals surface area contributed by atoms with Crippen LogP contribution in [-0.2, 0) is 6.42 Å². The van der Waals surface area contributed by atoms with Crippen LogP contribution in [-0.4, -0.2) is 16.0 Å². The van der Waals surface area contributed by atoms with Crippen LogP contribution in [0.25, 0.3) is 0 Å². The Balaban J connectivity index is 3.57. The molecular weight excluding hydrogens is 212 g/mol. The summed E-state index contributed by atoms with van der Waals surface area (Å²) >= 11 is 0. The summed E-state index contributed by atoms with van der Waals surface area (Å²) in [5.41, 5.74) is -0.314. The minimum absolute atomic E-state index is 0.157. The van der Waals surface area contributed by atoms with Crippen molar-refractivity contribution in [1.29, 1.82) is 5.26 Å². The van der Waals surface area contributed by atoms with Crippen molar-refractivity contribution in [3.63, 3.8) is 0 Å². The maximum atomic E-state index is 10.9. The van der Waals surface area contributed by atoms with E-state index in [1.54, 1.807) is 13.0 Å². The van der Waals surface area contributed by atoms with Gasteiger partial charge in [0.2, 0.25) is 0 Å². The van der Waals surface area contributed by atoms with Gasteiger partial charge in [0.25, 0.3) is 5.69 Å². The van der Waals surface area contributed by atoms with Crippen LogP contribution in [0, 0.1) is 21.4 Å². The van der Waals surface area contributed by atoms with Gasteiger partial charge in [-0.1, -0.05) is 6.92 Å². The zero-order valence-corrected chi connectivity index (χ0v) is 8.43. The lowest BCUT2D eigenvalue weighted by Crippen LogP contribution is -2.06. The molecule has 82 valence electrons. The highest BCUT2D eigenvalue weighted by molar-refractivity contribution is 5.93. The van der Waals surface area contributed by atoms with Crippen molar-refractivity contribution in [2.75, 3.05) is 0 Å². The third kappa shape index (κ3) is 1.98. The average molecular weight is 220 g/mol. The summed E-state index contributed by atoms with van der Waals surface area (Å²) in [7, 11) is 0.